The van der Waals surface area contributed by atoms with Gasteiger partial charge in [0.1, 0.15) is 23.1 Å². The number of hydrogen-bond acceptors (Lipinski definition) is 6. The molecular formula is C18H27NO6. The Morgan fingerprint density at radius 1 is 1.12 bits per heavy atom. The van der Waals surface area contributed by atoms with Crippen LogP contribution in [0.1, 0.15) is 26.3 Å². The van der Waals surface area contributed by atoms with Gasteiger partial charge in [0, 0.05) is 19.5 Å². The fourth-order valence-corrected chi connectivity index (χ4v) is 2.20. The maximum atomic E-state index is 12.3. The van der Waals surface area contributed by atoms with E-state index in [0.717, 1.165) is 5.56 Å². The summed E-state index contributed by atoms with van der Waals surface area (Å²) in [6.07, 6.45) is -0.384. The number of nitrogens with zero attached hydrogens (tertiary/aromatic N) is 1. The highest BCUT2D eigenvalue weighted by molar-refractivity contribution is 5.81. The zero-order chi connectivity index (χ0) is 19.2. The van der Waals surface area contributed by atoms with Gasteiger partial charge in [-0.3, -0.25) is 4.90 Å². The highest BCUT2D eigenvalue weighted by Crippen LogP contribution is 2.27. The molecule has 0 unspecified atom stereocenters. The molecule has 0 aliphatic rings. The number of likely N-dealkylation sites (N-methyl/N-ethyl adjacent to an activating group) is 1. The monoisotopic (exact) mass is 353 g/mol. The third-order valence-electron chi connectivity index (χ3n) is 3.53. The molecule has 0 aliphatic carbocycles. The summed E-state index contributed by atoms with van der Waals surface area (Å²) in [6.45, 7) is 5.29. The molecule has 1 amide bonds. The van der Waals surface area contributed by atoms with E-state index in [1.807, 2.05) is 0 Å². The van der Waals surface area contributed by atoms with Gasteiger partial charge in [0.2, 0.25) is 0 Å². The zero-order valence-electron chi connectivity index (χ0n) is 15.9. The van der Waals surface area contributed by atoms with Gasteiger partial charge in [-0.25, -0.2) is 9.59 Å². The molecule has 0 bridgehead atoms. The van der Waals surface area contributed by atoms with Gasteiger partial charge < -0.3 is 18.9 Å². The molecule has 0 aliphatic heterocycles. The first-order chi connectivity index (χ1) is 11.6. The molecule has 25 heavy (non-hydrogen) atoms. The Morgan fingerprint density at radius 3 is 2.24 bits per heavy atom. The lowest BCUT2D eigenvalue weighted by Crippen LogP contribution is -2.46. The van der Waals surface area contributed by atoms with Crippen molar-refractivity contribution in [3.63, 3.8) is 0 Å². The Morgan fingerprint density at radius 2 is 1.76 bits per heavy atom. The van der Waals surface area contributed by atoms with Gasteiger partial charge in [0.25, 0.3) is 0 Å². The summed E-state index contributed by atoms with van der Waals surface area (Å²) >= 11 is 0. The van der Waals surface area contributed by atoms with Crippen molar-refractivity contribution >= 4 is 12.1 Å². The van der Waals surface area contributed by atoms with E-state index in [-0.39, 0.29) is 6.42 Å². The number of carbonyl (C=O) groups excluding carboxylic acids is 2. The van der Waals surface area contributed by atoms with Crippen LogP contribution in [-0.4, -0.2) is 57.0 Å². The highest BCUT2D eigenvalue weighted by atomic mass is 16.6. The van der Waals surface area contributed by atoms with Crippen LogP contribution in [0.25, 0.3) is 0 Å². The van der Waals surface area contributed by atoms with Crippen molar-refractivity contribution in [1.29, 1.82) is 0 Å². The number of benzene rings is 1. The van der Waals surface area contributed by atoms with Crippen LogP contribution in [0, 0.1) is 0 Å². The Labute approximate surface area is 148 Å². The number of amides is 1. The van der Waals surface area contributed by atoms with Gasteiger partial charge in [-0.15, -0.1) is 0 Å². The molecule has 0 saturated heterocycles. The van der Waals surface area contributed by atoms with Crippen LogP contribution in [0.15, 0.2) is 18.2 Å². The average Bonchev–Trinajstić information content (AvgIpc) is 2.56. The van der Waals surface area contributed by atoms with Crippen molar-refractivity contribution in [3.05, 3.63) is 23.8 Å². The van der Waals surface area contributed by atoms with E-state index >= 15 is 0 Å². The van der Waals surface area contributed by atoms with Crippen molar-refractivity contribution in [2.75, 3.05) is 28.4 Å². The van der Waals surface area contributed by atoms with Crippen LogP contribution in [0.3, 0.4) is 0 Å². The van der Waals surface area contributed by atoms with Gasteiger partial charge in [-0.2, -0.15) is 0 Å². The Kier molecular flexibility index (Phi) is 7.09. The molecule has 0 saturated carbocycles. The lowest BCUT2D eigenvalue weighted by atomic mass is 10.0. The minimum atomic E-state index is -0.845. The highest BCUT2D eigenvalue weighted by Gasteiger charge is 2.32. The first-order valence-electron chi connectivity index (χ1n) is 7.87. The molecule has 0 heterocycles. The summed E-state index contributed by atoms with van der Waals surface area (Å²) in [6, 6.07) is 4.43. The molecule has 0 N–H and O–H groups in total. The third-order valence-corrected chi connectivity index (χ3v) is 3.53. The summed E-state index contributed by atoms with van der Waals surface area (Å²) in [5.74, 6) is 0.660. The Balaban J connectivity index is 3.08. The molecule has 7 nitrogen and oxygen atoms in total. The second kappa shape index (κ2) is 8.60. The van der Waals surface area contributed by atoms with Crippen LogP contribution in [0.4, 0.5) is 4.79 Å². The second-order valence-corrected chi connectivity index (χ2v) is 6.51. The number of rotatable bonds is 6. The second-order valence-electron chi connectivity index (χ2n) is 6.51. The first kappa shape index (κ1) is 20.6. The topological polar surface area (TPSA) is 74.3 Å². The van der Waals surface area contributed by atoms with Gasteiger partial charge in [0.05, 0.1) is 21.3 Å². The fraction of sp³-hybridized carbons (Fsp3) is 0.556. The SMILES string of the molecule is COC(=O)[C@H](Cc1ccc(OC)cc1OC)N(C)C(=O)OC(C)(C)C. The van der Waals surface area contributed by atoms with Crippen molar-refractivity contribution in [2.24, 2.45) is 0 Å². The maximum Gasteiger partial charge on any atom is 0.410 e. The van der Waals surface area contributed by atoms with E-state index in [0.29, 0.717) is 11.5 Å². The largest absolute Gasteiger partial charge is 0.497 e. The van der Waals surface area contributed by atoms with Crippen LogP contribution >= 0.6 is 0 Å². The maximum absolute atomic E-state index is 12.3. The molecule has 140 valence electrons. The van der Waals surface area contributed by atoms with Crippen molar-refractivity contribution in [2.45, 2.75) is 38.8 Å². The molecule has 0 spiro atoms. The summed E-state index contributed by atoms with van der Waals surface area (Å²) in [4.78, 5) is 25.8. The van der Waals surface area contributed by atoms with Gasteiger partial charge in [-0.05, 0) is 32.4 Å². The molecular weight excluding hydrogens is 326 g/mol. The minimum Gasteiger partial charge on any atom is -0.497 e. The lowest BCUT2D eigenvalue weighted by Gasteiger charge is -2.29. The van der Waals surface area contributed by atoms with Crippen molar-refractivity contribution in [3.8, 4) is 11.5 Å². The summed E-state index contributed by atoms with van der Waals surface area (Å²) in [7, 11) is 5.88. The average molecular weight is 353 g/mol. The smallest absolute Gasteiger partial charge is 0.410 e. The number of esters is 1. The normalized spacial score (nSPS) is 12.1. The van der Waals surface area contributed by atoms with E-state index in [1.54, 1.807) is 46.1 Å². The van der Waals surface area contributed by atoms with Crippen molar-refractivity contribution in [1.82, 2.24) is 4.90 Å². The van der Waals surface area contributed by atoms with Crippen LogP contribution < -0.4 is 9.47 Å². The first-order valence-corrected chi connectivity index (χ1v) is 7.87. The quantitative estimate of drug-likeness (QED) is 0.732. The number of hydrogen-bond donors (Lipinski definition) is 0. The van der Waals surface area contributed by atoms with E-state index in [9.17, 15) is 9.59 Å². The molecule has 0 fully saturated rings. The van der Waals surface area contributed by atoms with E-state index in [2.05, 4.69) is 0 Å². The molecule has 0 aromatic heterocycles. The van der Waals surface area contributed by atoms with Gasteiger partial charge in [-0.1, -0.05) is 6.07 Å². The standard InChI is InChI=1S/C18H27NO6/c1-18(2,3)25-17(21)19(4)14(16(20)24-7)10-12-8-9-13(22-5)11-15(12)23-6/h8-9,11,14H,10H2,1-7H3/t14-/m0/s1. The van der Waals surface area contributed by atoms with E-state index in [4.69, 9.17) is 18.9 Å². The summed E-state index contributed by atoms with van der Waals surface area (Å²) in [5, 5.41) is 0. The zero-order valence-corrected chi connectivity index (χ0v) is 15.9. The summed E-state index contributed by atoms with van der Waals surface area (Å²) < 4.78 is 20.7. The van der Waals surface area contributed by atoms with Gasteiger partial charge in [0.15, 0.2) is 0 Å². The van der Waals surface area contributed by atoms with E-state index < -0.39 is 23.7 Å². The third kappa shape index (κ3) is 5.85. The summed E-state index contributed by atoms with van der Waals surface area (Å²) in [5.41, 5.74) is 0.0817. The number of methoxy groups -OCH3 is 3. The number of ether oxygens (including phenoxy) is 4. The van der Waals surface area contributed by atoms with Gasteiger partial charge >= 0.3 is 12.1 Å². The Bertz CT molecular complexity index is 608. The predicted octanol–water partition coefficient (Wildman–Crippen LogP) is 2.65. The predicted molar refractivity (Wildman–Crippen MR) is 93.1 cm³/mol. The molecule has 1 aromatic carbocycles. The lowest BCUT2D eigenvalue weighted by molar-refractivity contribution is -0.146. The molecule has 7 heteroatoms. The molecule has 1 rings (SSSR count). The van der Waals surface area contributed by atoms with E-state index in [1.165, 1.54) is 26.2 Å². The minimum absolute atomic E-state index is 0.218. The van der Waals surface area contributed by atoms with Crippen molar-refractivity contribution < 1.29 is 28.5 Å². The van der Waals surface area contributed by atoms with Crippen LogP contribution in [-0.2, 0) is 20.7 Å². The molecule has 1 aromatic rings. The fourth-order valence-electron chi connectivity index (χ4n) is 2.20. The Hall–Kier alpha value is -2.44. The van der Waals surface area contributed by atoms with Crippen LogP contribution in [0.5, 0.6) is 11.5 Å². The number of carbonyl (C=O) groups is 2. The molecule has 0 radical (unpaired) electrons. The molecule has 1 atom stereocenters. The van der Waals surface area contributed by atoms with Crippen LogP contribution in [0.2, 0.25) is 0 Å².